The van der Waals surface area contributed by atoms with Crippen LogP contribution in [0, 0.1) is 0 Å². The van der Waals surface area contributed by atoms with Gasteiger partial charge in [0.2, 0.25) is 0 Å². The number of alkyl halides is 6. The highest BCUT2D eigenvalue weighted by molar-refractivity contribution is 6.04. The highest BCUT2D eigenvalue weighted by atomic mass is 19.4. The Morgan fingerprint density at radius 1 is 0.957 bits per heavy atom. The number of hydrogen-bond donors (Lipinski definition) is 1. The van der Waals surface area contributed by atoms with Gasteiger partial charge in [0, 0.05) is 11.9 Å². The molecule has 1 N–H and O–H groups in total. The van der Waals surface area contributed by atoms with E-state index in [0.717, 1.165) is 24.3 Å². The number of halogens is 6. The molecule has 0 aliphatic carbocycles. The second-order valence-electron chi connectivity index (χ2n) is 4.46. The van der Waals surface area contributed by atoms with Gasteiger partial charge in [-0.15, -0.1) is 0 Å². The van der Waals surface area contributed by atoms with Gasteiger partial charge in [-0.2, -0.15) is 26.3 Å². The van der Waals surface area contributed by atoms with Crippen LogP contribution in [-0.2, 0) is 12.4 Å². The van der Waals surface area contributed by atoms with E-state index in [1.54, 1.807) is 0 Å². The Bertz CT molecular complexity index is 706. The zero-order valence-electron chi connectivity index (χ0n) is 11.2. The van der Waals surface area contributed by atoms with E-state index < -0.39 is 29.5 Å². The lowest BCUT2D eigenvalue weighted by Crippen LogP contribution is -2.15. The van der Waals surface area contributed by atoms with Crippen molar-refractivity contribution in [2.45, 2.75) is 12.4 Å². The van der Waals surface area contributed by atoms with Crippen LogP contribution in [0.5, 0.6) is 0 Å². The Morgan fingerprint density at radius 2 is 1.65 bits per heavy atom. The average Bonchev–Trinajstić information content (AvgIpc) is 2.46. The lowest BCUT2D eigenvalue weighted by atomic mass is 10.2. The van der Waals surface area contributed by atoms with E-state index in [0.29, 0.717) is 12.3 Å². The van der Waals surface area contributed by atoms with Crippen LogP contribution in [0.3, 0.4) is 0 Å². The molecule has 9 heteroatoms. The minimum atomic E-state index is -4.64. The fraction of sp³-hybridized carbons (Fsp3) is 0.143. The SMILES string of the molecule is O=C(Nc1cccc(C(F)(F)F)c1)c1ccc(C(F)(F)F)nc1. The molecule has 1 heterocycles. The van der Waals surface area contributed by atoms with Gasteiger partial charge in [0.1, 0.15) is 5.69 Å². The molecule has 122 valence electrons. The number of nitrogens with zero attached hydrogens (tertiary/aromatic N) is 1. The highest BCUT2D eigenvalue weighted by Gasteiger charge is 2.32. The van der Waals surface area contributed by atoms with Gasteiger partial charge in [-0.3, -0.25) is 9.78 Å². The summed E-state index contributed by atoms with van der Waals surface area (Å²) < 4.78 is 74.7. The Kier molecular flexibility index (Phi) is 4.31. The quantitative estimate of drug-likeness (QED) is 0.829. The molecule has 0 saturated carbocycles. The first kappa shape index (κ1) is 16.8. The van der Waals surface area contributed by atoms with E-state index in [2.05, 4.69) is 10.3 Å². The Balaban J connectivity index is 2.16. The predicted octanol–water partition coefficient (Wildman–Crippen LogP) is 4.37. The van der Waals surface area contributed by atoms with Gasteiger partial charge in [0.15, 0.2) is 0 Å². The molecule has 23 heavy (non-hydrogen) atoms. The summed E-state index contributed by atoms with van der Waals surface area (Å²) in [7, 11) is 0. The van der Waals surface area contributed by atoms with Crippen molar-refractivity contribution >= 4 is 11.6 Å². The van der Waals surface area contributed by atoms with Crippen molar-refractivity contribution in [2.24, 2.45) is 0 Å². The van der Waals surface area contributed by atoms with Gasteiger partial charge in [-0.25, -0.2) is 0 Å². The fourth-order valence-corrected chi connectivity index (χ4v) is 1.67. The molecule has 0 saturated heterocycles. The highest BCUT2D eigenvalue weighted by Crippen LogP contribution is 2.31. The normalized spacial score (nSPS) is 12.1. The Morgan fingerprint density at radius 3 is 2.17 bits per heavy atom. The Labute approximate surface area is 126 Å². The van der Waals surface area contributed by atoms with Crippen molar-refractivity contribution in [2.75, 3.05) is 5.32 Å². The minimum Gasteiger partial charge on any atom is -0.322 e. The Hall–Kier alpha value is -2.58. The molecule has 0 atom stereocenters. The van der Waals surface area contributed by atoms with Crippen LogP contribution in [0.15, 0.2) is 42.6 Å². The second kappa shape index (κ2) is 5.90. The average molecular weight is 334 g/mol. The van der Waals surface area contributed by atoms with Crippen LogP contribution in [0.2, 0.25) is 0 Å². The third-order valence-corrected chi connectivity index (χ3v) is 2.76. The zero-order valence-corrected chi connectivity index (χ0v) is 11.2. The summed E-state index contributed by atoms with van der Waals surface area (Å²) in [5.74, 6) is -0.870. The topological polar surface area (TPSA) is 42.0 Å². The number of amides is 1. The summed E-state index contributed by atoms with van der Waals surface area (Å²) in [5, 5.41) is 2.17. The number of aromatic nitrogens is 1. The first-order valence-corrected chi connectivity index (χ1v) is 6.09. The minimum absolute atomic E-state index is 0.135. The predicted molar refractivity (Wildman–Crippen MR) is 68.6 cm³/mol. The largest absolute Gasteiger partial charge is 0.433 e. The van der Waals surface area contributed by atoms with E-state index >= 15 is 0 Å². The van der Waals surface area contributed by atoms with Crippen LogP contribution in [0.4, 0.5) is 32.0 Å². The van der Waals surface area contributed by atoms with Crippen LogP contribution < -0.4 is 5.32 Å². The molecular formula is C14H8F6N2O. The van der Waals surface area contributed by atoms with Crippen molar-refractivity contribution in [3.05, 3.63) is 59.4 Å². The molecule has 2 rings (SSSR count). The van der Waals surface area contributed by atoms with Gasteiger partial charge in [-0.1, -0.05) is 6.07 Å². The van der Waals surface area contributed by atoms with Crippen LogP contribution in [-0.4, -0.2) is 10.9 Å². The van der Waals surface area contributed by atoms with Gasteiger partial charge in [-0.05, 0) is 30.3 Å². The number of carbonyl (C=O) groups is 1. The van der Waals surface area contributed by atoms with Gasteiger partial charge < -0.3 is 5.32 Å². The van der Waals surface area contributed by atoms with Crippen molar-refractivity contribution in [3.63, 3.8) is 0 Å². The molecule has 1 aromatic carbocycles. The molecule has 0 aliphatic heterocycles. The van der Waals surface area contributed by atoms with E-state index in [1.807, 2.05) is 0 Å². The van der Waals surface area contributed by atoms with E-state index in [4.69, 9.17) is 0 Å². The first-order chi connectivity index (χ1) is 10.6. The lowest BCUT2D eigenvalue weighted by Gasteiger charge is -2.10. The number of pyridine rings is 1. The molecule has 1 aromatic heterocycles. The molecule has 0 radical (unpaired) electrons. The number of hydrogen-bond acceptors (Lipinski definition) is 2. The van der Waals surface area contributed by atoms with Crippen LogP contribution >= 0.6 is 0 Å². The maximum absolute atomic E-state index is 12.6. The number of benzene rings is 1. The number of nitrogens with one attached hydrogen (secondary N) is 1. The summed E-state index contributed by atoms with van der Waals surface area (Å²) >= 11 is 0. The van der Waals surface area contributed by atoms with Crippen molar-refractivity contribution < 1.29 is 31.1 Å². The van der Waals surface area contributed by atoms with E-state index in [9.17, 15) is 31.1 Å². The number of carbonyl (C=O) groups excluding carboxylic acids is 1. The van der Waals surface area contributed by atoms with E-state index in [-0.39, 0.29) is 11.3 Å². The monoisotopic (exact) mass is 334 g/mol. The maximum Gasteiger partial charge on any atom is 0.433 e. The molecule has 0 bridgehead atoms. The molecular weight excluding hydrogens is 326 g/mol. The summed E-state index contributed by atoms with van der Waals surface area (Å²) in [6.07, 6.45) is -8.52. The van der Waals surface area contributed by atoms with E-state index in [1.165, 1.54) is 6.07 Å². The molecule has 0 aliphatic rings. The summed E-state index contributed by atoms with van der Waals surface area (Å²) in [4.78, 5) is 14.9. The fourth-order valence-electron chi connectivity index (χ4n) is 1.67. The third kappa shape index (κ3) is 4.21. The lowest BCUT2D eigenvalue weighted by molar-refractivity contribution is -0.141. The smallest absolute Gasteiger partial charge is 0.322 e. The van der Waals surface area contributed by atoms with Gasteiger partial charge in [0.05, 0.1) is 11.1 Å². The number of anilines is 1. The zero-order chi connectivity index (χ0) is 17.3. The van der Waals surface area contributed by atoms with Gasteiger partial charge >= 0.3 is 12.4 Å². The summed E-state index contributed by atoms with van der Waals surface area (Å²) in [6, 6.07) is 5.37. The molecule has 2 aromatic rings. The molecule has 0 spiro atoms. The van der Waals surface area contributed by atoms with Crippen molar-refractivity contribution in [1.82, 2.24) is 4.98 Å². The standard InChI is InChI=1S/C14H8F6N2O/c15-13(16,17)9-2-1-3-10(6-9)22-12(23)8-4-5-11(21-7-8)14(18,19)20/h1-7H,(H,22,23). The first-order valence-electron chi connectivity index (χ1n) is 6.09. The number of rotatable bonds is 2. The third-order valence-electron chi connectivity index (χ3n) is 2.76. The van der Waals surface area contributed by atoms with Gasteiger partial charge in [0.25, 0.3) is 5.91 Å². The molecule has 0 unspecified atom stereocenters. The summed E-state index contributed by atoms with van der Waals surface area (Å²) in [6.45, 7) is 0. The van der Waals surface area contributed by atoms with Crippen molar-refractivity contribution in [3.8, 4) is 0 Å². The van der Waals surface area contributed by atoms with Crippen LogP contribution in [0.1, 0.15) is 21.6 Å². The molecule has 1 amide bonds. The van der Waals surface area contributed by atoms with Crippen LogP contribution in [0.25, 0.3) is 0 Å². The van der Waals surface area contributed by atoms with Crippen molar-refractivity contribution in [1.29, 1.82) is 0 Å². The molecule has 0 fully saturated rings. The second-order valence-corrected chi connectivity index (χ2v) is 4.46. The molecule has 3 nitrogen and oxygen atoms in total. The maximum atomic E-state index is 12.6. The summed E-state index contributed by atoms with van der Waals surface area (Å²) in [5.41, 5.74) is -2.48.